The number of rotatable bonds is 20. The topological polar surface area (TPSA) is 200 Å². The second-order valence-electron chi connectivity index (χ2n) is 13.7. The number of methoxy groups -OCH3 is 2. The molecule has 4 aromatic rings. The number of benzene rings is 2. The van der Waals surface area contributed by atoms with E-state index in [9.17, 15) is 28.8 Å². The van der Waals surface area contributed by atoms with Crippen LogP contribution in [0, 0.1) is 6.92 Å². The van der Waals surface area contributed by atoms with Crippen molar-refractivity contribution in [3.63, 3.8) is 0 Å². The Morgan fingerprint density at radius 1 is 1.00 bits per heavy atom. The number of carbonyl (C=O) groups is 5. The molecular formula is C41H49N7O10. The average Bonchev–Trinajstić information content (AvgIpc) is 3.20. The molecule has 0 bridgehead atoms. The summed E-state index contributed by atoms with van der Waals surface area (Å²) >= 11 is 0. The van der Waals surface area contributed by atoms with E-state index in [0.29, 0.717) is 74.0 Å². The SMILES string of the molecule is COc1cc(-c2cn(C)c(=O)c3cnccc23)cc(OC)c1CN(C)CC(=O)NCCOCCOCCNc1cccc(C)c1C(=O)N(C=O)C1CCC(=O)NC1=O. The molecule has 3 N–H and O–H groups in total. The number of pyridine rings is 2. The number of hydrogen-bond donors (Lipinski definition) is 3. The fourth-order valence-electron chi connectivity index (χ4n) is 6.74. The number of fused-ring (bicyclic) bond motifs is 1. The fourth-order valence-corrected chi connectivity index (χ4v) is 6.74. The zero-order valence-corrected chi connectivity index (χ0v) is 33.3. The maximum Gasteiger partial charge on any atom is 0.263 e. The smallest absolute Gasteiger partial charge is 0.263 e. The molecule has 0 spiro atoms. The van der Waals surface area contributed by atoms with E-state index in [1.54, 1.807) is 65.0 Å². The molecule has 1 saturated heterocycles. The highest BCUT2D eigenvalue weighted by Gasteiger charge is 2.36. The first-order valence-corrected chi connectivity index (χ1v) is 18.7. The third-order valence-corrected chi connectivity index (χ3v) is 9.63. The van der Waals surface area contributed by atoms with Gasteiger partial charge in [-0.05, 0) is 61.2 Å². The van der Waals surface area contributed by atoms with Crippen LogP contribution in [0.3, 0.4) is 0 Å². The van der Waals surface area contributed by atoms with Gasteiger partial charge < -0.3 is 34.1 Å². The van der Waals surface area contributed by atoms with Crippen molar-refractivity contribution in [2.75, 3.05) is 72.6 Å². The van der Waals surface area contributed by atoms with Gasteiger partial charge in [0.15, 0.2) is 0 Å². The van der Waals surface area contributed by atoms with E-state index in [4.69, 9.17) is 18.9 Å². The summed E-state index contributed by atoms with van der Waals surface area (Å²) in [4.78, 5) is 81.5. The van der Waals surface area contributed by atoms with E-state index in [1.807, 2.05) is 30.1 Å². The molecule has 1 fully saturated rings. The lowest BCUT2D eigenvalue weighted by Crippen LogP contribution is -2.54. The van der Waals surface area contributed by atoms with Gasteiger partial charge in [-0.15, -0.1) is 0 Å². The number of nitrogens with one attached hydrogen (secondary N) is 3. The Morgan fingerprint density at radius 3 is 2.38 bits per heavy atom. The predicted molar refractivity (Wildman–Crippen MR) is 215 cm³/mol. The van der Waals surface area contributed by atoms with Gasteiger partial charge in [-0.1, -0.05) is 12.1 Å². The van der Waals surface area contributed by atoms with Gasteiger partial charge >= 0.3 is 0 Å². The number of aromatic nitrogens is 2. The summed E-state index contributed by atoms with van der Waals surface area (Å²) in [7, 11) is 6.66. The predicted octanol–water partition coefficient (Wildman–Crippen LogP) is 2.02. The molecule has 308 valence electrons. The molecule has 1 unspecified atom stereocenters. The first-order chi connectivity index (χ1) is 28.0. The van der Waals surface area contributed by atoms with Crippen LogP contribution < -0.4 is 31.0 Å². The zero-order chi connectivity index (χ0) is 41.8. The molecule has 0 aliphatic carbocycles. The van der Waals surface area contributed by atoms with Crippen LogP contribution in [0.15, 0.2) is 59.8 Å². The monoisotopic (exact) mass is 799 g/mol. The van der Waals surface area contributed by atoms with E-state index >= 15 is 0 Å². The molecule has 1 aliphatic rings. The number of nitrogens with zero attached hydrogens (tertiary/aromatic N) is 4. The second-order valence-corrected chi connectivity index (χ2v) is 13.7. The van der Waals surface area contributed by atoms with Crippen LogP contribution in [0.4, 0.5) is 5.69 Å². The highest BCUT2D eigenvalue weighted by Crippen LogP contribution is 2.37. The standard InChI is InChI=1S/C41H49N7O10/c1-26-7-6-8-32(38(26)41(54)48(25-49)33-9-10-36(50)45-39(33)52)43-13-15-57-17-18-58-16-14-44-37(51)24-46(2)22-31-34(55-4)19-27(20-35(31)56-5)30-23-47(3)40(53)29-21-42-12-11-28(29)30/h6-8,11-12,19-21,23,25,33,43H,9-10,13-18,22,24H2,1-5H3,(H,44,51)(H,45,50,52). The molecule has 5 rings (SSSR count). The van der Waals surface area contributed by atoms with Crippen molar-refractivity contribution in [1.82, 2.24) is 30.0 Å². The average molecular weight is 800 g/mol. The molecular weight excluding hydrogens is 750 g/mol. The Bertz CT molecular complexity index is 2180. The number of likely N-dealkylation sites (N-methyl/N-ethyl adjacent to an activating group) is 1. The lowest BCUT2D eigenvalue weighted by Gasteiger charge is -2.29. The molecule has 1 aliphatic heterocycles. The van der Waals surface area contributed by atoms with Crippen molar-refractivity contribution < 1.29 is 42.9 Å². The highest BCUT2D eigenvalue weighted by atomic mass is 16.5. The van der Waals surface area contributed by atoms with E-state index < -0.39 is 23.8 Å². The van der Waals surface area contributed by atoms with Gasteiger partial charge in [0, 0.05) is 62.9 Å². The van der Waals surface area contributed by atoms with Gasteiger partial charge in [0.05, 0.1) is 63.7 Å². The minimum absolute atomic E-state index is 0.0318. The van der Waals surface area contributed by atoms with Crippen LogP contribution in [0.5, 0.6) is 11.5 Å². The van der Waals surface area contributed by atoms with Gasteiger partial charge in [-0.3, -0.25) is 48.9 Å². The summed E-state index contributed by atoms with van der Waals surface area (Å²) in [5, 5.41) is 9.46. The number of imide groups is 2. The molecule has 3 heterocycles. The lowest BCUT2D eigenvalue weighted by molar-refractivity contribution is -0.139. The Hall–Kier alpha value is -6.17. The minimum atomic E-state index is -1.07. The van der Waals surface area contributed by atoms with Gasteiger partial charge in [0.1, 0.15) is 17.5 Å². The van der Waals surface area contributed by atoms with Crippen LogP contribution in [-0.2, 0) is 42.2 Å². The third kappa shape index (κ3) is 10.4. The number of amides is 5. The Kier molecular flexibility index (Phi) is 15.0. The molecule has 2 aromatic carbocycles. The Balaban J connectivity index is 1.02. The van der Waals surface area contributed by atoms with Crippen LogP contribution in [0.25, 0.3) is 21.9 Å². The number of piperidine rings is 1. The number of anilines is 1. The molecule has 17 nitrogen and oxygen atoms in total. The van der Waals surface area contributed by atoms with Crippen LogP contribution in [0.2, 0.25) is 0 Å². The molecule has 17 heteroatoms. The first kappa shape index (κ1) is 43.0. The number of carbonyl (C=O) groups excluding carboxylic acids is 5. The van der Waals surface area contributed by atoms with E-state index in [1.165, 1.54) is 4.57 Å². The molecule has 5 amide bonds. The summed E-state index contributed by atoms with van der Waals surface area (Å²) in [6, 6.07) is 9.72. The Labute approximate surface area is 335 Å². The summed E-state index contributed by atoms with van der Waals surface area (Å²) in [5.74, 6) is -0.801. The maximum atomic E-state index is 13.4. The normalized spacial score (nSPS) is 13.9. The summed E-state index contributed by atoms with van der Waals surface area (Å²) < 4.78 is 24.3. The third-order valence-electron chi connectivity index (χ3n) is 9.63. The van der Waals surface area contributed by atoms with E-state index in [0.717, 1.165) is 27.0 Å². The van der Waals surface area contributed by atoms with Crippen molar-refractivity contribution in [3.8, 4) is 22.6 Å². The number of hydrogen-bond acceptors (Lipinski definition) is 13. The van der Waals surface area contributed by atoms with Crippen LogP contribution in [0.1, 0.15) is 34.3 Å². The van der Waals surface area contributed by atoms with E-state index in [2.05, 4.69) is 20.9 Å². The second kappa shape index (κ2) is 20.3. The highest BCUT2D eigenvalue weighted by molar-refractivity contribution is 6.09. The van der Waals surface area contributed by atoms with Crippen molar-refractivity contribution >= 4 is 46.5 Å². The van der Waals surface area contributed by atoms with Crippen LogP contribution in [-0.4, -0.2) is 123 Å². The van der Waals surface area contributed by atoms with Crippen molar-refractivity contribution in [1.29, 1.82) is 0 Å². The zero-order valence-electron chi connectivity index (χ0n) is 33.3. The fraction of sp³-hybridized carbons (Fsp3) is 0.390. The number of aryl methyl sites for hydroxylation is 2. The summed E-state index contributed by atoms with van der Waals surface area (Å²) in [6.45, 7) is 4.02. The minimum Gasteiger partial charge on any atom is -0.496 e. The van der Waals surface area contributed by atoms with Gasteiger partial charge in [-0.2, -0.15) is 0 Å². The molecule has 1 atom stereocenters. The first-order valence-electron chi connectivity index (χ1n) is 18.7. The Morgan fingerprint density at radius 2 is 1.71 bits per heavy atom. The molecule has 0 radical (unpaired) electrons. The quantitative estimate of drug-likeness (QED) is 0.0668. The van der Waals surface area contributed by atoms with Gasteiger partial charge in [0.2, 0.25) is 24.1 Å². The summed E-state index contributed by atoms with van der Waals surface area (Å²) in [5.41, 5.74) is 3.58. The molecule has 0 saturated carbocycles. The van der Waals surface area contributed by atoms with E-state index in [-0.39, 0.29) is 43.0 Å². The largest absolute Gasteiger partial charge is 0.496 e. The lowest BCUT2D eigenvalue weighted by atomic mass is 9.99. The molecule has 58 heavy (non-hydrogen) atoms. The van der Waals surface area contributed by atoms with Gasteiger partial charge in [0.25, 0.3) is 11.5 Å². The van der Waals surface area contributed by atoms with Crippen molar-refractivity contribution in [2.24, 2.45) is 7.05 Å². The van der Waals surface area contributed by atoms with Crippen molar-refractivity contribution in [2.45, 2.75) is 32.4 Å². The summed E-state index contributed by atoms with van der Waals surface area (Å²) in [6.07, 6.45) is 5.40. The maximum absolute atomic E-state index is 13.4. The van der Waals surface area contributed by atoms with Crippen molar-refractivity contribution in [3.05, 3.63) is 82.0 Å². The molecule has 2 aromatic heterocycles. The van der Waals surface area contributed by atoms with Crippen LogP contribution >= 0.6 is 0 Å². The van der Waals surface area contributed by atoms with Gasteiger partial charge in [-0.25, -0.2) is 0 Å². The number of ether oxygens (including phenoxy) is 4.